The molecular weight excluding hydrogens is 371 g/mol. The quantitative estimate of drug-likeness (QED) is 0.715. The largest absolute Gasteiger partial charge is 0.401 e. The average molecular weight is 393 g/mol. The van der Waals surface area contributed by atoms with Crippen LogP contribution in [-0.2, 0) is 16.4 Å². The van der Waals surface area contributed by atoms with Gasteiger partial charge in [0.15, 0.2) is 0 Å². The van der Waals surface area contributed by atoms with Crippen LogP contribution in [0.25, 0.3) is 0 Å². The number of anilines is 1. The van der Waals surface area contributed by atoms with Crippen LogP contribution in [0.3, 0.4) is 0 Å². The fourth-order valence-electron chi connectivity index (χ4n) is 2.90. The summed E-state index contributed by atoms with van der Waals surface area (Å²) in [5.74, 6) is -0.330. The third kappa shape index (κ3) is 5.60. The summed E-state index contributed by atoms with van der Waals surface area (Å²) in [6.07, 6.45) is -2.17. The Labute approximate surface area is 151 Å². The molecule has 0 atom stereocenters. The first-order valence-electron chi connectivity index (χ1n) is 8.11. The molecule has 0 spiro atoms. The first-order valence-corrected chi connectivity index (χ1v) is 9.96. The molecule has 0 aliphatic carbocycles. The molecule has 1 amide bonds. The van der Waals surface area contributed by atoms with E-state index in [1.807, 2.05) is 0 Å². The Bertz CT molecular complexity index is 766. The summed E-state index contributed by atoms with van der Waals surface area (Å²) in [6.45, 7) is -0.158. The second-order valence-corrected chi connectivity index (χ2v) is 8.30. The minimum atomic E-state index is -4.23. The van der Waals surface area contributed by atoms with Crippen molar-refractivity contribution in [2.45, 2.75) is 19.0 Å². The van der Waals surface area contributed by atoms with Gasteiger partial charge in [0.2, 0.25) is 10.0 Å². The van der Waals surface area contributed by atoms with E-state index in [9.17, 15) is 26.4 Å². The van der Waals surface area contributed by atoms with E-state index in [0.717, 1.165) is 16.7 Å². The SMILES string of the molecule is CN(CCCNC(=O)c1ccc2c(c1)CCN2S(C)(=O)=O)CC(F)(F)F. The summed E-state index contributed by atoms with van der Waals surface area (Å²) in [7, 11) is -1.96. The van der Waals surface area contributed by atoms with E-state index >= 15 is 0 Å². The van der Waals surface area contributed by atoms with Gasteiger partial charge in [0, 0.05) is 18.7 Å². The summed E-state index contributed by atoms with van der Waals surface area (Å²) >= 11 is 0. The molecule has 6 nitrogen and oxygen atoms in total. The third-order valence-corrected chi connectivity index (χ3v) is 5.23. The molecule has 146 valence electrons. The first kappa shape index (κ1) is 20.5. The number of nitrogens with zero attached hydrogens (tertiary/aromatic N) is 2. The first-order chi connectivity index (χ1) is 12.0. The Kier molecular flexibility index (Phi) is 6.17. The number of fused-ring (bicyclic) bond motifs is 1. The van der Waals surface area contributed by atoms with Crippen LogP contribution in [-0.4, -0.2) is 64.9 Å². The number of alkyl halides is 3. The van der Waals surface area contributed by atoms with Gasteiger partial charge < -0.3 is 5.32 Å². The zero-order valence-electron chi connectivity index (χ0n) is 14.6. The number of carbonyl (C=O) groups excluding carboxylic acids is 1. The average Bonchev–Trinajstić information content (AvgIpc) is 2.92. The van der Waals surface area contributed by atoms with Crippen molar-refractivity contribution < 1.29 is 26.4 Å². The number of halogens is 3. The molecular formula is C16H22F3N3O3S. The summed E-state index contributed by atoms with van der Waals surface area (Å²) in [6, 6.07) is 4.81. The van der Waals surface area contributed by atoms with Crippen molar-refractivity contribution in [2.75, 3.05) is 43.8 Å². The second kappa shape index (κ2) is 7.83. The van der Waals surface area contributed by atoms with Gasteiger partial charge in [0.25, 0.3) is 5.91 Å². The van der Waals surface area contributed by atoms with E-state index in [0.29, 0.717) is 30.6 Å². The highest BCUT2D eigenvalue weighted by atomic mass is 32.2. The lowest BCUT2D eigenvalue weighted by molar-refractivity contribution is -0.143. The van der Waals surface area contributed by atoms with E-state index in [-0.39, 0.29) is 19.0 Å². The van der Waals surface area contributed by atoms with Crippen molar-refractivity contribution in [3.8, 4) is 0 Å². The van der Waals surface area contributed by atoms with Gasteiger partial charge in [-0.05, 0) is 50.2 Å². The molecule has 1 aromatic carbocycles. The van der Waals surface area contributed by atoms with Gasteiger partial charge in [-0.1, -0.05) is 0 Å². The number of benzene rings is 1. The Hall–Kier alpha value is -1.81. The Morgan fingerprint density at radius 3 is 2.65 bits per heavy atom. The lowest BCUT2D eigenvalue weighted by Gasteiger charge is -2.18. The van der Waals surface area contributed by atoms with Gasteiger partial charge in [-0.3, -0.25) is 14.0 Å². The summed E-state index contributed by atoms with van der Waals surface area (Å²) in [5.41, 5.74) is 1.77. The fourth-order valence-corrected chi connectivity index (χ4v) is 3.85. The summed E-state index contributed by atoms with van der Waals surface area (Å²) in [4.78, 5) is 13.3. The monoisotopic (exact) mass is 393 g/mol. The van der Waals surface area contributed by atoms with Gasteiger partial charge in [-0.25, -0.2) is 8.42 Å². The normalized spacial score (nSPS) is 14.6. The van der Waals surface area contributed by atoms with Crippen LogP contribution >= 0.6 is 0 Å². The van der Waals surface area contributed by atoms with Gasteiger partial charge in [-0.2, -0.15) is 13.2 Å². The molecule has 0 fully saturated rings. The standard InChI is InChI=1S/C16H22F3N3O3S/c1-21(11-16(17,18)19)8-3-7-20-15(23)13-4-5-14-12(10-13)6-9-22(14)26(2,24)25/h4-5,10H,3,6-9,11H2,1-2H3,(H,20,23). The molecule has 1 aliphatic heterocycles. The number of hydrogen-bond donors (Lipinski definition) is 1. The zero-order chi connectivity index (χ0) is 19.5. The summed E-state index contributed by atoms with van der Waals surface area (Å²) < 4.78 is 61.4. The minimum Gasteiger partial charge on any atom is -0.352 e. The third-order valence-electron chi connectivity index (χ3n) is 4.05. The van der Waals surface area contributed by atoms with Crippen molar-refractivity contribution in [1.82, 2.24) is 10.2 Å². The van der Waals surface area contributed by atoms with Gasteiger partial charge in [-0.15, -0.1) is 0 Å². The van der Waals surface area contributed by atoms with E-state index in [1.54, 1.807) is 18.2 Å². The lowest BCUT2D eigenvalue weighted by Crippen LogP contribution is -2.33. The molecule has 0 radical (unpaired) electrons. The molecule has 26 heavy (non-hydrogen) atoms. The van der Waals surface area contributed by atoms with Crippen LogP contribution in [0, 0.1) is 0 Å². The van der Waals surface area contributed by atoms with E-state index in [1.165, 1.54) is 11.4 Å². The van der Waals surface area contributed by atoms with Gasteiger partial charge in [0.1, 0.15) is 0 Å². The molecule has 1 aliphatic rings. The summed E-state index contributed by atoms with van der Waals surface area (Å²) in [5, 5.41) is 2.67. The molecule has 0 saturated carbocycles. The van der Waals surface area contributed by atoms with E-state index < -0.39 is 22.7 Å². The van der Waals surface area contributed by atoms with Crippen molar-refractivity contribution in [3.05, 3.63) is 29.3 Å². The maximum Gasteiger partial charge on any atom is 0.401 e. The molecule has 1 aromatic rings. The second-order valence-electron chi connectivity index (χ2n) is 6.39. The highest BCUT2D eigenvalue weighted by Crippen LogP contribution is 2.30. The Balaban J connectivity index is 1.86. The van der Waals surface area contributed by atoms with Crippen molar-refractivity contribution >= 4 is 21.6 Å². The van der Waals surface area contributed by atoms with Crippen molar-refractivity contribution in [1.29, 1.82) is 0 Å². The maximum atomic E-state index is 12.2. The van der Waals surface area contributed by atoms with Crippen LogP contribution in [0.15, 0.2) is 18.2 Å². The van der Waals surface area contributed by atoms with E-state index in [4.69, 9.17) is 0 Å². The topological polar surface area (TPSA) is 69.7 Å². The number of hydrogen-bond acceptors (Lipinski definition) is 4. The van der Waals surface area contributed by atoms with Crippen LogP contribution in [0.5, 0.6) is 0 Å². The smallest absolute Gasteiger partial charge is 0.352 e. The van der Waals surface area contributed by atoms with Crippen molar-refractivity contribution in [2.24, 2.45) is 0 Å². The number of rotatable bonds is 7. The zero-order valence-corrected chi connectivity index (χ0v) is 15.5. The van der Waals surface area contributed by atoms with Crippen molar-refractivity contribution in [3.63, 3.8) is 0 Å². The van der Waals surface area contributed by atoms with Crippen LogP contribution < -0.4 is 9.62 Å². The van der Waals surface area contributed by atoms with Gasteiger partial charge >= 0.3 is 6.18 Å². The molecule has 10 heteroatoms. The van der Waals surface area contributed by atoms with E-state index in [2.05, 4.69) is 5.32 Å². The fraction of sp³-hybridized carbons (Fsp3) is 0.562. The molecule has 1 N–H and O–H groups in total. The molecule has 0 aromatic heterocycles. The maximum absolute atomic E-state index is 12.2. The number of nitrogens with one attached hydrogen (secondary N) is 1. The van der Waals surface area contributed by atoms with Gasteiger partial charge in [0.05, 0.1) is 18.5 Å². The number of carbonyl (C=O) groups is 1. The molecule has 0 saturated heterocycles. The molecule has 0 unspecified atom stereocenters. The highest BCUT2D eigenvalue weighted by Gasteiger charge is 2.29. The highest BCUT2D eigenvalue weighted by molar-refractivity contribution is 7.92. The molecule has 2 rings (SSSR count). The van der Waals surface area contributed by atoms with Crippen LogP contribution in [0.4, 0.5) is 18.9 Å². The van der Waals surface area contributed by atoms with Crippen LogP contribution in [0.2, 0.25) is 0 Å². The number of amides is 1. The lowest BCUT2D eigenvalue weighted by atomic mass is 10.1. The predicted octanol–water partition coefficient (Wildman–Crippen LogP) is 1.62. The molecule has 0 bridgehead atoms. The number of sulfonamides is 1. The van der Waals surface area contributed by atoms with Crippen LogP contribution in [0.1, 0.15) is 22.3 Å². The minimum absolute atomic E-state index is 0.216. The Morgan fingerprint density at radius 1 is 1.35 bits per heavy atom. The predicted molar refractivity (Wildman–Crippen MR) is 92.8 cm³/mol. The molecule has 1 heterocycles. The Morgan fingerprint density at radius 2 is 2.04 bits per heavy atom.